The molecular formula is C16H19Cl2NS. The van der Waals surface area contributed by atoms with E-state index in [1.165, 1.54) is 44.7 Å². The Hall–Kier alpha value is -0.540. The number of benzene rings is 1. The summed E-state index contributed by atoms with van der Waals surface area (Å²) in [6.07, 6.45) is 0. The van der Waals surface area contributed by atoms with Crippen molar-refractivity contribution < 1.29 is 0 Å². The smallest absolute Gasteiger partial charge is 0.0995 e. The fourth-order valence-corrected chi connectivity index (χ4v) is 4.27. The third kappa shape index (κ3) is 2.50. The highest BCUT2D eigenvalue weighted by Crippen LogP contribution is 2.39. The van der Waals surface area contributed by atoms with E-state index < -0.39 is 0 Å². The van der Waals surface area contributed by atoms with Crippen LogP contribution in [0, 0.1) is 34.6 Å². The standard InChI is InChI=1S/C16H19Cl2NS/c1-7-8(2)10(4)14(11(5)9(7)3)15(19)12-6-13(17)20-16(12)18/h6,15H,19H2,1-5H3. The van der Waals surface area contributed by atoms with Crippen molar-refractivity contribution in [2.24, 2.45) is 5.73 Å². The second-order valence-corrected chi connectivity index (χ2v) is 7.58. The van der Waals surface area contributed by atoms with E-state index in [0.717, 1.165) is 5.56 Å². The van der Waals surface area contributed by atoms with Crippen LogP contribution in [0.2, 0.25) is 8.67 Å². The highest BCUT2D eigenvalue weighted by Gasteiger charge is 2.22. The van der Waals surface area contributed by atoms with E-state index in [0.29, 0.717) is 8.67 Å². The minimum atomic E-state index is -0.232. The molecule has 0 bridgehead atoms. The zero-order valence-corrected chi connectivity index (χ0v) is 14.7. The van der Waals surface area contributed by atoms with Gasteiger partial charge in [0.25, 0.3) is 0 Å². The molecule has 2 rings (SSSR count). The van der Waals surface area contributed by atoms with Crippen LogP contribution < -0.4 is 5.73 Å². The number of hydrogen-bond donors (Lipinski definition) is 1. The molecule has 0 aliphatic rings. The van der Waals surface area contributed by atoms with Gasteiger partial charge in [-0.25, -0.2) is 0 Å². The number of rotatable bonds is 2. The SMILES string of the molecule is Cc1c(C)c(C)c(C(N)c2cc(Cl)sc2Cl)c(C)c1C. The molecule has 0 amide bonds. The predicted molar refractivity (Wildman–Crippen MR) is 90.5 cm³/mol. The topological polar surface area (TPSA) is 26.0 Å². The maximum Gasteiger partial charge on any atom is 0.0995 e. The van der Waals surface area contributed by atoms with E-state index in [-0.39, 0.29) is 6.04 Å². The van der Waals surface area contributed by atoms with Crippen LogP contribution in [0.4, 0.5) is 0 Å². The zero-order valence-electron chi connectivity index (χ0n) is 12.4. The van der Waals surface area contributed by atoms with Crippen LogP contribution >= 0.6 is 34.5 Å². The maximum atomic E-state index is 6.48. The van der Waals surface area contributed by atoms with Crippen molar-refractivity contribution >= 4 is 34.5 Å². The van der Waals surface area contributed by atoms with Crippen LogP contribution in [0.25, 0.3) is 0 Å². The summed E-state index contributed by atoms with van der Waals surface area (Å²) < 4.78 is 1.36. The average molecular weight is 328 g/mol. The Morgan fingerprint density at radius 1 is 0.900 bits per heavy atom. The van der Waals surface area contributed by atoms with Crippen LogP contribution in [0.5, 0.6) is 0 Å². The lowest BCUT2D eigenvalue weighted by Crippen LogP contribution is -2.16. The van der Waals surface area contributed by atoms with Gasteiger partial charge in [0.2, 0.25) is 0 Å². The summed E-state index contributed by atoms with van der Waals surface area (Å²) in [5, 5.41) is 0. The molecule has 1 aromatic heterocycles. The molecule has 108 valence electrons. The molecule has 1 heterocycles. The fraction of sp³-hybridized carbons (Fsp3) is 0.375. The molecule has 1 atom stereocenters. The molecule has 0 saturated carbocycles. The summed E-state index contributed by atoms with van der Waals surface area (Å²) >= 11 is 13.7. The molecule has 0 aliphatic heterocycles. The number of halogens is 2. The van der Waals surface area contributed by atoms with Gasteiger partial charge in [-0.1, -0.05) is 23.2 Å². The van der Waals surface area contributed by atoms with Crippen molar-refractivity contribution in [1.29, 1.82) is 0 Å². The van der Waals surface area contributed by atoms with E-state index in [9.17, 15) is 0 Å². The quantitative estimate of drug-likeness (QED) is 0.758. The zero-order chi connectivity index (χ0) is 15.2. The first-order chi connectivity index (χ1) is 9.25. The van der Waals surface area contributed by atoms with Gasteiger partial charge in [-0.3, -0.25) is 0 Å². The third-order valence-corrected chi connectivity index (χ3v) is 5.91. The summed E-state index contributed by atoms with van der Waals surface area (Å²) in [4.78, 5) is 0. The van der Waals surface area contributed by atoms with Gasteiger partial charge in [-0.05, 0) is 74.1 Å². The van der Waals surface area contributed by atoms with Gasteiger partial charge in [0.05, 0.1) is 14.7 Å². The minimum absolute atomic E-state index is 0.232. The predicted octanol–water partition coefficient (Wildman–Crippen LogP) is 5.65. The molecule has 0 fully saturated rings. The summed E-state index contributed by atoms with van der Waals surface area (Å²) in [5.74, 6) is 0. The molecular weight excluding hydrogens is 309 g/mol. The highest BCUT2D eigenvalue weighted by atomic mass is 35.5. The van der Waals surface area contributed by atoms with Gasteiger partial charge in [0.1, 0.15) is 0 Å². The first kappa shape index (κ1) is 15.8. The molecule has 2 N–H and O–H groups in total. The lowest BCUT2D eigenvalue weighted by atomic mass is 9.85. The molecule has 0 spiro atoms. The van der Waals surface area contributed by atoms with Gasteiger partial charge < -0.3 is 5.73 Å². The molecule has 2 aromatic rings. The lowest BCUT2D eigenvalue weighted by Gasteiger charge is -2.23. The Morgan fingerprint density at radius 3 is 1.75 bits per heavy atom. The van der Waals surface area contributed by atoms with Crippen molar-refractivity contribution in [1.82, 2.24) is 0 Å². The summed E-state index contributed by atoms with van der Waals surface area (Å²) in [7, 11) is 0. The Balaban J connectivity index is 2.67. The second kappa shape index (κ2) is 5.69. The largest absolute Gasteiger partial charge is 0.320 e. The monoisotopic (exact) mass is 327 g/mol. The minimum Gasteiger partial charge on any atom is -0.320 e. The fourth-order valence-electron chi connectivity index (χ4n) is 2.72. The summed E-state index contributed by atoms with van der Waals surface area (Å²) in [5.41, 5.74) is 15.0. The Bertz CT molecular complexity index is 645. The molecule has 20 heavy (non-hydrogen) atoms. The first-order valence-corrected chi connectivity index (χ1v) is 8.10. The van der Waals surface area contributed by atoms with Crippen molar-refractivity contribution in [3.8, 4) is 0 Å². The first-order valence-electron chi connectivity index (χ1n) is 6.52. The van der Waals surface area contributed by atoms with E-state index in [4.69, 9.17) is 28.9 Å². The van der Waals surface area contributed by atoms with Gasteiger partial charge in [0, 0.05) is 5.56 Å². The van der Waals surface area contributed by atoms with Gasteiger partial charge in [-0.15, -0.1) is 11.3 Å². The van der Waals surface area contributed by atoms with Crippen LogP contribution in [-0.2, 0) is 0 Å². The van der Waals surface area contributed by atoms with Crippen LogP contribution in [0.3, 0.4) is 0 Å². The molecule has 1 aromatic carbocycles. The van der Waals surface area contributed by atoms with Crippen LogP contribution in [0.1, 0.15) is 45.0 Å². The van der Waals surface area contributed by atoms with E-state index in [2.05, 4.69) is 34.6 Å². The molecule has 1 unspecified atom stereocenters. The van der Waals surface area contributed by atoms with E-state index in [1.807, 2.05) is 6.07 Å². The molecule has 0 aliphatic carbocycles. The van der Waals surface area contributed by atoms with E-state index in [1.54, 1.807) is 0 Å². The summed E-state index contributed by atoms with van der Waals surface area (Å²) in [6.45, 7) is 10.7. The van der Waals surface area contributed by atoms with Gasteiger partial charge in [-0.2, -0.15) is 0 Å². The van der Waals surface area contributed by atoms with Gasteiger partial charge >= 0.3 is 0 Å². The number of nitrogens with two attached hydrogens (primary N) is 1. The Labute approximate surface area is 134 Å². The highest BCUT2D eigenvalue weighted by molar-refractivity contribution is 7.20. The number of thiophene rings is 1. The Morgan fingerprint density at radius 2 is 1.35 bits per heavy atom. The normalized spacial score (nSPS) is 12.8. The van der Waals surface area contributed by atoms with Crippen molar-refractivity contribution in [2.45, 2.75) is 40.7 Å². The second-order valence-electron chi connectivity index (χ2n) is 5.30. The van der Waals surface area contributed by atoms with Crippen molar-refractivity contribution in [3.63, 3.8) is 0 Å². The molecule has 4 heteroatoms. The molecule has 0 radical (unpaired) electrons. The van der Waals surface area contributed by atoms with Crippen molar-refractivity contribution in [2.75, 3.05) is 0 Å². The molecule has 1 nitrogen and oxygen atoms in total. The summed E-state index contributed by atoms with van der Waals surface area (Å²) in [6, 6.07) is 1.65. The lowest BCUT2D eigenvalue weighted by molar-refractivity contribution is 0.847. The Kier molecular flexibility index (Phi) is 4.50. The average Bonchev–Trinajstić information content (AvgIpc) is 2.73. The van der Waals surface area contributed by atoms with Crippen LogP contribution in [0.15, 0.2) is 6.07 Å². The number of hydrogen-bond acceptors (Lipinski definition) is 2. The van der Waals surface area contributed by atoms with Crippen LogP contribution in [-0.4, -0.2) is 0 Å². The molecule has 0 saturated heterocycles. The van der Waals surface area contributed by atoms with Gasteiger partial charge in [0.15, 0.2) is 0 Å². The third-order valence-electron chi connectivity index (χ3n) is 4.39. The maximum absolute atomic E-state index is 6.48. The van der Waals surface area contributed by atoms with Crippen molar-refractivity contribution in [3.05, 3.63) is 53.7 Å². The van der Waals surface area contributed by atoms with E-state index >= 15 is 0 Å².